The van der Waals surface area contributed by atoms with Crippen molar-refractivity contribution in [3.8, 4) is 0 Å². The standard InChI is InChI=1S/C14H20ClN/c1-3-14(4-2)16-8-7-11-5-6-13(15)9-12(11)10-16/h5-6,9,14H,3-4,7-8,10H2,1-2H3. The van der Waals surface area contributed by atoms with Crippen molar-refractivity contribution in [1.82, 2.24) is 4.90 Å². The van der Waals surface area contributed by atoms with Gasteiger partial charge in [0.2, 0.25) is 0 Å². The van der Waals surface area contributed by atoms with Gasteiger partial charge in [0, 0.05) is 24.2 Å². The SMILES string of the molecule is CCC(CC)N1CCc2ccc(Cl)cc2C1. The summed E-state index contributed by atoms with van der Waals surface area (Å²) in [4.78, 5) is 2.60. The number of rotatable bonds is 3. The van der Waals surface area contributed by atoms with E-state index in [1.165, 1.54) is 36.9 Å². The molecule has 1 heterocycles. The van der Waals surface area contributed by atoms with E-state index in [-0.39, 0.29) is 0 Å². The topological polar surface area (TPSA) is 3.24 Å². The molecule has 1 aliphatic heterocycles. The van der Waals surface area contributed by atoms with Gasteiger partial charge in [0.05, 0.1) is 0 Å². The fourth-order valence-electron chi connectivity index (χ4n) is 2.66. The van der Waals surface area contributed by atoms with Gasteiger partial charge in [-0.05, 0) is 42.5 Å². The maximum absolute atomic E-state index is 6.05. The minimum absolute atomic E-state index is 0.729. The number of fused-ring (bicyclic) bond motifs is 1. The van der Waals surface area contributed by atoms with E-state index < -0.39 is 0 Å². The molecule has 1 aromatic rings. The van der Waals surface area contributed by atoms with E-state index in [2.05, 4.69) is 30.9 Å². The molecule has 1 nitrogen and oxygen atoms in total. The third-order valence-corrected chi connectivity index (χ3v) is 3.90. The summed E-state index contributed by atoms with van der Waals surface area (Å²) >= 11 is 6.05. The van der Waals surface area contributed by atoms with Gasteiger partial charge < -0.3 is 0 Å². The summed E-state index contributed by atoms with van der Waals surface area (Å²) in [5, 5.41) is 0.866. The largest absolute Gasteiger partial charge is 0.296 e. The van der Waals surface area contributed by atoms with E-state index >= 15 is 0 Å². The number of benzene rings is 1. The molecular weight excluding hydrogens is 218 g/mol. The minimum Gasteiger partial charge on any atom is -0.296 e. The molecule has 0 saturated heterocycles. The Hall–Kier alpha value is -0.530. The van der Waals surface area contributed by atoms with Crippen molar-refractivity contribution in [2.45, 2.75) is 45.7 Å². The second kappa shape index (κ2) is 5.20. The second-order valence-electron chi connectivity index (χ2n) is 4.60. The quantitative estimate of drug-likeness (QED) is 0.771. The highest BCUT2D eigenvalue weighted by atomic mass is 35.5. The van der Waals surface area contributed by atoms with E-state index in [9.17, 15) is 0 Å². The first-order chi connectivity index (χ1) is 7.74. The Morgan fingerprint density at radius 3 is 2.69 bits per heavy atom. The fraction of sp³-hybridized carbons (Fsp3) is 0.571. The van der Waals surface area contributed by atoms with Crippen LogP contribution in [0.5, 0.6) is 0 Å². The van der Waals surface area contributed by atoms with Crippen molar-refractivity contribution in [2.75, 3.05) is 6.54 Å². The van der Waals surface area contributed by atoms with Crippen LogP contribution in [0.3, 0.4) is 0 Å². The average molecular weight is 238 g/mol. The fourth-order valence-corrected chi connectivity index (χ4v) is 2.86. The Morgan fingerprint density at radius 1 is 1.25 bits per heavy atom. The van der Waals surface area contributed by atoms with Gasteiger partial charge in [0.1, 0.15) is 0 Å². The zero-order valence-corrected chi connectivity index (χ0v) is 10.9. The highest BCUT2D eigenvalue weighted by Crippen LogP contribution is 2.25. The predicted octanol–water partition coefficient (Wildman–Crippen LogP) is 3.89. The van der Waals surface area contributed by atoms with E-state index in [4.69, 9.17) is 11.6 Å². The molecule has 0 amide bonds. The van der Waals surface area contributed by atoms with Crippen molar-refractivity contribution >= 4 is 11.6 Å². The Balaban J connectivity index is 2.16. The molecule has 0 bridgehead atoms. The van der Waals surface area contributed by atoms with Crippen LogP contribution in [0, 0.1) is 0 Å². The summed E-state index contributed by atoms with van der Waals surface area (Å²) in [6.45, 7) is 6.83. The summed E-state index contributed by atoms with van der Waals surface area (Å²) in [5.41, 5.74) is 2.90. The van der Waals surface area contributed by atoms with Gasteiger partial charge in [-0.2, -0.15) is 0 Å². The summed E-state index contributed by atoms with van der Waals surface area (Å²) < 4.78 is 0. The van der Waals surface area contributed by atoms with E-state index in [1.54, 1.807) is 0 Å². The molecule has 0 N–H and O–H groups in total. The summed E-state index contributed by atoms with van der Waals surface area (Å²) in [6.07, 6.45) is 3.65. The second-order valence-corrected chi connectivity index (χ2v) is 5.04. The number of hydrogen-bond donors (Lipinski definition) is 0. The molecule has 1 aliphatic rings. The Morgan fingerprint density at radius 2 is 2.00 bits per heavy atom. The number of nitrogens with zero attached hydrogens (tertiary/aromatic N) is 1. The molecule has 0 spiro atoms. The van der Waals surface area contributed by atoms with Crippen LogP contribution in [0.1, 0.15) is 37.8 Å². The first kappa shape index (κ1) is 11.9. The van der Waals surface area contributed by atoms with Gasteiger partial charge in [0.25, 0.3) is 0 Å². The Bertz CT molecular complexity index is 358. The first-order valence-electron chi connectivity index (χ1n) is 6.26. The van der Waals surface area contributed by atoms with Crippen LogP contribution in [0.25, 0.3) is 0 Å². The third kappa shape index (κ3) is 2.41. The van der Waals surface area contributed by atoms with Crippen molar-refractivity contribution in [3.05, 3.63) is 34.3 Å². The molecule has 0 unspecified atom stereocenters. The van der Waals surface area contributed by atoms with Crippen LogP contribution in [-0.4, -0.2) is 17.5 Å². The number of halogens is 1. The molecule has 1 aromatic carbocycles. The molecule has 88 valence electrons. The lowest BCUT2D eigenvalue weighted by molar-refractivity contribution is 0.169. The lowest BCUT2D eigenvalue weighted by Crippen LogP contribution is -2.38. The molecule has 2 heteroatoms. The lowest BCUT2D eigenvalue weighted by Gasteiger charge is -2.34. The maximum Gasteiger partial charge on any atom is 0.0409 e. The minimum atomic E-state index is 0.729. The van der Waals surface area contributed by atoms with Crippen LogP contribution < -0.4 is 0 Å². The van der Waals surface area contributed by atoms with Gasteiger partial charge in [-0.1, -0.05) is 31.5 Å². The van der Waals surface area contributed by atoms with Crippen molar-refractivity contribution < 1.29 is 0 Å². The van der Waals surface area contributed by atoms with Crippen LogP contribution in [-0.2, 0) is 13.0 Å². The molecule has 0 saturated carbocycles. The van der Waals surface area contributed by atoms with Crippen molar-refractivity contribution in [3.63, 3.8) is 0 Å². The monoisotopic (exact) mass is 237 g/mol. The molecule has 0 atom stereocenters. The zero-order valence-electron chi connectivity index (χ0n) is 10.2. The van der Waals surface area contributed by atoms with Crippen LogP contribution in [0.4, 0.5) is 0 Å². The van der Waals surface area contributed by atoms with Gasteiger partial charge in [-0.3, -0.25) is 4.90 Å². The van der Waals surface area contributed by atoms with Crippen molar-refractivity contribution in [2.24, 2.45) is 0 Å². The molecule has 2 rings (SSSR count). The highest BCUT2D eigenvalue weighted by molar-refractivity contribution is 6.30. The first-order valence-corrected chi connectivity index (χ1v) is 6.63. The van der Waals surface area contributed by atoms with E-state index in [1.807, 2.05) is 6.07 Å². The molecule has 0 aromatic heterocycles. The van der Waals surface area contributed by atoms with Crippen molar-refractivity contribution in [1.29, 1.82) is 0 Å². The normalized spacial score (nSPS) is 16.5. The van der Waals surface area contributed by atoms with Crippen LogP contribution in [0.2, 0.25) is 5.02 Å². The van der Waals surface area contributed by atoms with Gasteiger partial charge >= 0.3 is 0 Å². The summed E-state index contributed by atoms with van der Waals surface area (Å²) in [7, 11) is 0. The van der Waals surface area contributed by atoms with Crippen LogP contribution >= 0.6 is 11.6 Å². The number of hydrogen-bond acceptors (Lipinski definition) is 1. The van der Waals surface area contributed by atoms with E-state index in [0.717, 1.165) is 17.6 Å². The van der Waals surface area contributed by atoms with Gasteiger partial charge in [0.15, 0.2) is 0 Å². The molecule has 16 heavy (non-hydrogen) atoms. The van der Waals surface area contributed by atoms with E-state index in [0.29, 0.717) is 0 Å². The Kier molecular flexibility index (Phi) is 3.88. The predicted molar refractivity (Wildman–Crippen MR) is 69.9 cm³/mol. The molecule has 0 radical (unpaired) electrons. The zero-order chi connectivity index (χ0) is 11.5. The summed E-state index contributed by atoms with van der Waals surface area (Å²) in [5.74, 6) is 0. The molecule has 0 fully saturated rings. The van der Waals surface area contributed by atoms with Crippen LogP contribution in [0.15, 0.2) is 18.2 Å². The Labute approximate surface area is 103 Å². The molecule has 0 aliphatic carbocycles. The lowest BCUT2D eigenvalue weighted by atomic mass is 9.97. The summed E-state index contributed by atoms with van der Waals surface area (Å²) in [6, 6.07) is 7.05. The average Bonchev–Trinajstić information content (AvgIpc) is 2.30. The highest BCUT2D eigenvalue weighted by Gasteiger charge is 2.21. The van der Waals surface area contributed by atoms with Gasteiger partial charge in [-0.25, -0.2) is 0 Å². The smallest absolute Gasteiger partial charge is 0.0409 e. The van der Waals surface area contributed by atoms with Gasteiger partial charge in [-0.15, -0.1) is 0 Å². The third-order valence-electron chi connectivity index (χ3n) is 3.67. The molecular formula is C14H20ClN. The maximum atomic E-state index is 6.05.